The van der Waals surface area contributed by atoms with Crippen molar-refractivity contribution >= 4 is 23.3 Å². The van der Waals surface area contributed by atoms with Crippen LogP contribution in [0.5, 0.6) is 0 Å². The molecule has 0 aliphatic heterocycles. The number of aliphatic carboxylic acids is 1. The minimum Gasteiger partial charge on any atom is -0.481 e. The number of rotatable bonds is 4. The maximum atomic E-state index is 11.7. The Labute approximate surface area is 99.6 Å². The predicted molar refractivity (Wildman–Crippen MR) is 65.4 cm³/mol. The van der Waals surface area contributed by atoms with Gasteiger partial charge in [0.05, 0.1) is 5.92 Å². The van der Waals surface area contributed by atoms with Crippen LogP contribution in [0.2, 0.25) is 0 Å². The highest BCUT2D eigenvalue weighted by Gasteiger charge is 2.25. The Balaban J connectivity index is 2.66. The fourth-order valence-corrected chi connectivity index (χ4v) is 1.26. The molecule has 0 heterocycles. The van der Waals surface area contributed by atoms with Gasteiger partial charge in [0.15, 0.2) is 0 Å². The second kappa shape index (κ2) is 5.34. The third kappa shape index (κ3) is 3.48. The highest BCUT2D eigenvalue weighted by molar-refractivity contribution is 5.94. The molecule has 0 aliphatic rings. The first kappa shape index (κ1) is 13.0. The molecule has 1 rings (SSSR count). The summed E-state index contributed by atoms with van der Waals surface area (Å²) in [6.45, 7) is 3.10. The molecular weight excluding hydrogens is 220 g/mol. The number of benzene rings is 1. The van der Waals surface area contributed by atoms with E-state index in [4.69, 9.17) is 10.8 Å². The molecule has 0 saturated heterocycles. The molecule has 92 valence electrons. The monoisotopic (exact) mass is 236 g/mol. The summed E-state index contributed by atoms with van der Waals surface area (Å²) in [6, 6.07) is 6.68. The van der Waals surface area contributed by atoms with Gasteiger partial charge in [-0.2, -0.15) is 0 Å². The van der Waals surface area contributed by atoms with E-state index >= 15 is 0 Å². The molecule has 4 N–H and O–H groups in total. The topological polar surface area (TPSA) is 92.4 Å². The first-order valence-corrected chi connectivity index (χ1v) is 5.31. The number of anilines is 2. The third-order valence-electron chi connectivity index (χ3n) is 2.73. The molecule has 1 aromatic rings. The molecule has 5 nitrogen and oxygen atoms in total. The molecule has 0 bridgehead atoms. The van der Waals surface area contributed by atoms with Crippen LogP contribution in [0.1, 0.15) is 13.8 Å². The van der Waals surface area contributed by atoms with E-state index in [1.807, 2.05) is 0 Å². The Morgan fingerprint density at radius 3 is 2.18 bits per heavy atom. The Morgan fingerprint density at radius 2 is 1.71 bits per heavy atom. The summed E-state index contributed by atoms with van der Waals surface area (Å²) < 4.78 is 0. The normalized spacial score (nSPS) is 13.8. The average molecular weight is 236 g/mol. The van der Waals surface area contributed by atoms with E-state index < -0.39 is 17.8 Å². The molecule has 1 aromatic carbocycles. The standard InChI is InChI=1S/C12H16N2O3/c1-7(8(2)12(16)17)11(15)14-10-5-3-9(13)4-6-10/h3-8H,13H2,1-2H3,(H,14,15)(H,16,17). The smallest absolute Gasteiger partial charge is 0.307 e. The molecule has 0 radical (unpaired) electrons. The molecular formula is C12H16N2O3. The molecule has 0 spiro atoms. The van der Waals surface area contributed by atoms with Crippen molar-refractivity contribution in [2.75, 3.05) is 11.1 Å². The highest BCUT2D eigenvalue weighted by Crippen LogP contribution is 2.16. The number of amides is 1. The van der Waals surface area contributed by atoms with Crippen LogP contribution in [0.3, 0.4) is 0 Å². The maximum Gasteiger partial charge on any atom is 0.307 e. The summed E-state index contributed by atoms with van der Waals surface area (Å²) in [5, 5.41) is 11.5. The van der Waals surface area contributed by atoms with E-state index in [1.165, 1.54) is 6.92 Å². The molecule has 2 atom stereocenters. The Kier molecular flexibility index (Phi) is 4.09. The molecule has 17 heavy (non-hydrogen) atoms. The van der Waals surface area contributed by atoms with Crippen LogP contribution in [-0.2, 0) is 9.59 Å². The molecule has 0 saturated carbocycles. The van der Waals surface area contributed by atoms with Gasteiger partial charge >= 0.3 is 5.97 Å². The molecule has 5 heteroatoms. The summed E-state index contributed by atoms with van der Waals surface area (Å²) in [7, 11) is 0. The number of carboxylic acid groups (broad SMARTS) is 1. The zero-order valence-electron chi connectivity index (χ0n) is 9.81. The van der Waals surface area contributed by atoms with E-state index in [0.29, 0.717) is 11.4 Å². The first-order chi connectivity index (χ1) is 7.91. The number of carbonyl (C=O) groups is 2. The van der Waals surface area contributed by atoms with Gasteiger partial charge in [-0.15, -0.1) is 0 Å². The molecule has 0 fully saturated rings. The highest BCUT2D eigenvalue weighted by atomic mass is 16.4. The van der Waals surface area contributed by atoms with E-state index in [-0.39, 0.29) is 5.91 Å². The van der Waals surface area contributed by atoms with E-state index in [2.05, 4.69) is 5.32 Å². The number of nitrogen functional groups attached to an aromatic ring is 1. The Morgan fingerprint density at radius 1 is 1.18 bits per heavy atom. The van der Waals surface area contributed by atoms with Gasteiger partial charge in [-0.25, -0.2) is 0 Å². The number of hydrogen-bond acceptors (Lipinski definition) is 3. The van der Waals surface area contributed by atoms with Crippen molar-refractivity contribution in [3.63, 3.8) is 0 Å². The van der Waals surface area contributed by atoms with Gasteiger partial charge in [0.2, 0.25) is 5.91 Å². The minimum absolute atomic E-state index is 0.315. The lowest BCUT2D eigenvalue weighted by Crippen LogP contribution is -2.29. The number of carboxylic acids is 1. The van der Waals surface area contributed by atoms with Crippen LogP contribution < -0.4 is 11.1 Å². The molecule has 0 aliphatic carbocycles. The fraction of sp³-hybridized carbons (Fsp3) is 0.333. The molecule has 2 unspecified atom stereocenters. The van der Waals surface area contributed by atoms with Crippen molar-refractivity contribution in [3.05, 3.63) is 24.3 Å². The number of nitrogens with two attached hydrogens (primary N) is 1. The largest absolute Gasteiger partial charge is 0.481 e. The maximum absolute atomic E-state index is 11.7. The third-order valence-corrected chi connectivity index (χ3v) is 2.73. The van der Waals surface area contributed by atoms with Gasteiger partial charge in [0, 0.05) is 17.3 Å². The van der Waals surface area contributed by atoms with Crippen molar-refractivity contribution in [2.45, 2.75) is 13.8 Å². The van der Waals surface area contributed by atoms with Crippen LogP contribution in [0, 0.1) is 11.8 Å². The van der Waals surface area contributed by atoms with Crippen molar-refractivity contribution in [3.8, 4) is 0 Å². The lowest BCUT2D eigenvalue weighted by Gasteiger charge is -2.15. The van der Waals surface area contributed by atoms with Crippen LogP contribution in [0.4, 0.5) is 11.4 Å². The van der Waals surface area contributed by atoms with Gasteiger partial charge in [-0.1, -0.05) is 13.8 Å². The number of nitrogens with one attached hydrogen (secondary N) is 1. The van der Waals surface area contributed by atoms with E-state index in [9.17, 15) is 9.59 Å². The molecule has 1 amide bonds. The van der Waals surface area contributed by atoms with Gasteiger partial charge in [-0.05, 0) is 24.3 Å². The first-order valence-electron chi connectivity index (χ1n) is 5.31. The second-order valence-electron chi connectivity index (χ2n) is 4.03. The summed E-state index contributed by atoms with van der Waals surface area (Å²) in [5.74, 6) is -2.61. The lowest BCUT2D eigenvalue weighted by atomic mass is 9.95. The number of carbonyl (C=O) groups excluding carboxylic acids is 1. The minimum atomic E-state index is -0.982. The quantitative estimate of drug-likeness (QED) is 0.692. The zero-order valence-corrected chi connectivity index (χ0v) is 9.81. The summed E-state index contributed by atoms with van der Waals surface area (Å²) in [5.41, 5.74) is 6.73. The van der Waals surface area contributed by atoms with Crippen molar-refractivity contribution in [1.29, 1.82) is 0 Å². The number of hydrogen-bond donors (Lipinski definition) is 3. The summed E-state index contributed by atoms with van der Waals surface area (Å²) in [6.07, 6.45) is 0. The zero-order chi connectivity index (χ0) is 13.0. The fourth-order valence-electron chi connectivity index (χ4n) is 1.26. The van der Waals surface area contributed by atoms with Crippen molar-refractivity contribution in [1.82, 2.24) is 0 Å². The Hall–Kier alpha value is -2.04. The molecule has 0 aromatic heterocycles. The average Bonchev–Trinajstić information content (AvgIpc) is 2.30. The summed E-state index contributed by atoms with van der Waals surface area (Å²) >= 11 is 0. The van der Waals surface area contributed by atoms with E-state index in [1.54, 1.807) is 31.2 Å². The van der Waals surface area contributed by atoms with Crippen LogP contribution >= 0.6 is 0 Å². The SMILES string of the molecule is CC(C(=O)O)C(C)C(=O)Nc1ccc(N)cc1. The van der Waals surface area contributed by atoms with Gasteiger partial charge < -0.3 is 16.2 Å². The van der Waals surface area contributed by atoms with Crippen LogP contribution in [0.15, 0.2) is 24.3 Å². The van der Waals surface area contributed by atoms with E-state index in [0.717, 1.165) is 0 Å². The second-order valence-corrected chi connectivity index (χ2v) is 4.03. The van der Waals surface area contributed by atoms with Gasteiger partial charge in [0.1, 0.15) is 0 Å². The van der Waals surface area contributed by atoms with Crippen LogP contribution in [0.25, 0.3) is 0 Å². The van der Waals surface area contributed by atoms with Crippen molar-refractivity contribution in [2.24, 2.45) is 11.8 Å². The van der Waals surface area contributed by atoms with Gasteiger partial charge in [0.25, 0.3) is 0 Å². The van der Waals surface area contributed by atoms with Crippen LogP contribution in [-0.4, -0.2) is 17.0 Å². The predicted octanol–water partition coefficient (Wildman–Crippen LogP) is 1.56. The summed E-state index contributed by atoms with van der Waals surface area (Å²) in [4.78, 5) is 22.5. The van der Waals surface area contributed by atoms with Gasteiger partial charge in [-0.3, -0.25) is 9.59 Å². The Bertz CT molecular complexity index is 414. The lowest BCUT2D eigenvalue weighted by molar-refractivity contribution is -0.145. The van der Waals surface area contributed by atoms with Crippen molar-refractivity contribution < 1.29 is 14.7 Å².